The Morgan fingerprint density at radius 1 is 0.278 bits per heavy atom. The van der Waals surface area contributed by atoms with Gasteiger partial charge in [0.15, 0.2) is 17.5 Å². The molecule has 5 nitrogen and oxygen atoms in total. The topological polar surface area (TPSA) is 45.2 Å². The quantitative estimate of drug-likeness (QED) is 0.128. The van der Waals surface area contributed by atoms with Crippen LogP contribution in [0.25, 0.3) is 89.8 Å². The number of anilines is 6. The molecule has 0 N–H and O–H groups in total. The van der Waals surface area contributed by atoms with Gasteiger partial charge in [-0.15, -0.1) is 0 Å². The highest BCUT2D eigenvalue weighted by atomic mass is 15.2. The minimum Gasteiger partial charge on any atom is -0.311 e. The van der Waals surface area contributed by atoms with Gasteiger partial charge in [-0.2, -0.15) is 0 Å². The molecule has 0 saturated carbocycles. The molecule has 6 heteroatoms. The Balaban J connectivity index is 1.14. The molecule has 97 heavy (non-hydrogen) atoms. The predicted molar refractivity (Wildman–Crippen MR) is 412 cm³/mol. The molecule has 0 fully saturated rings. The summed E-state index contributed by atoms with van der Waals surface area (Å²) < 4.78 is 91.4. The van der Waals surface area contributed by atoms with Crippen molar-refractivity contribution in [1.82, 2.24) is 15.0 Å². The molecule has 474 valence electrons. The molecular weight excluding hydrogens is 1170 g/mol. The van der Waals surface area contributed by atoms with E-state index in [-0.39, 0.29) is 39.4 Å². The van der Waals surface area contributed by atoms with E-state index in [4.69, 9.17) is 23.2 Å². The number of fused-ring (bicyclic) bond motifs is 4. The Morgan fingerprint density at radius 3 is 1.14 bits per heavy atom. The van der Waals surface area contributed by atoms with Crippen molar-refractivity contribution < 1.29 is 13.7 Å². The average molecular weight is 1270 g/mol. The molecule has 0 amide bonds. The first-order valence-corrected chi connectivity index (χ1v) is 33.4. The second-order valence-corrected chi connectivity index (χ2v) is 29.8. The summed E-state index contributed by atoms with van der Waals surface area (Å²) in [5.74, 6) is -0.777. The van der Waals surface area contributed by atoms with Crippen LogP contribution < -0.4 is 26.2 Å². The Morgan fingerprint density at radius 2 is 0.660 bits per heavy atom. The summed E-state index contributed by atoms with van der Waals surface area (Å²) in [6.07, 6.45) is 0. The normalized spacial score (nSPS) is 14.3. The van der Waals surface area contributed by atoms with Crippen molar-refractivity contribution in [2.24, 2.45) is 0 Å². The summed E-state index contributed by atoms with van der Waals surface area (Å²) in [4.78, 5) is 20.3. The number of hydrogen-bond donors (Lipinski definition) is 0. The van der Waals surface area contributed by atoms with Crippen LogP contribution in [0.3, 0.4) is 0 Å². The molecule has 0 aliphatic carbocycles. The van der Waals surface area contributed by atoms with Gasteiger partial charge in [0.25, 0.3) is 6.71 Å². The summed E-state index contributed by atoms with van der Waals surface area (Å²) in [5.41, 5.74) is 20.9. The van der Waals surface area contributed by atoms with Gasteiger partial charge < -0.3 is 9.80 Å². The molecule has 0 radical (unpaired) electrons. The Kier molecular flexibility index (Phi) is 12.9. The van der Waals surface area contributed by atoms with E-state index in [1.807, 2.05) is 30.3 Å². The highest BCUT2D eigenvalue weighted by Gasteiger charge is 2.46. The molecule has 1 aromatic heterocycles. The second kappa shape index (κ2) is 24.2. The number of aromatic nitrogens is 3. The largest absolute Gasteiger partial charge is 0.311 e. The third-order valence-corrected chi connectivity index (χ3v) is 19.1. The fourth-order valence-electron chi connectivity index (χ4n) is 13.8. The van der Waals surface area contributed by atoms with Crippen LogP contribution in [-0.2, 0) is 21.7 Å². The molecular formula is C91H82BN5. The lowest BCUT2D eigenvalue weighted by molar-refractivity contribution is 0.590. The monoisotopic (exact) mass is 1270 g/mol. The summed E-state index contributed by atoms with van der Waals surface area (Å²) in [6, 6.07) is 72.5. The van der Waals surface area contributed by atoms with Crippen molar-refractivity contribution in [3.63, 3.8) is 0 Å². The first kappa shape index (κ1) is 51.6. The lowest BCUT2D eigenvalue weighted by Crippen LogP contribution is -2.61. The third kappa shape index (κ3) is 11.8. The van der Waals surface area contributed by atoms with E-state index in [1.54, 1.807) is 0 Å². The molecule has 0 bridgehead atoms. The number of nitrogens with zero attached hydrogens (tertiary/aromatic N) is 5. The second-order valence-electron chi connectivity index (χ2n) is 29.8. The van der Waals surface area contributed by atoms with Gasteiger partial charge in [-0.25, -0.2) is 15.0 Å². The molecule has 0 saturated heterocycles. The lowest BCUT2D eigenvalue weighted by atomic mass is 9.33. The van der Waals surface area contributed by atoms with Crippen LogP contribution in [0.5, 0.6) is 0 Å². The van der Waals surface area contributed by atoms with E-state index in [0.717, 1.165) is 112 Å². The minimum atomic E-state index is -0.634. The van der Waals surface area contributed by atoms with Crippen molar-refractivity contribution in [3.05, 3.63) is 301 Å². The van der Waals surface area contributed by atoms with E-state index in [9.17, 15) is 5.48 Å². The highest BCUT2D eigenvalue weighted by Crippen LogP contribution is 2.54. The average Bonchev–Trinajstić information content (AvgIpc) is 0.688. The molecule has 2 aliphatic rings. The molecule has 0 atom stereocenters. The molecule has 0 spiro atoms. The Bertz CT molecular complexity index is 5630. The van der Waals surface area contributed by atoms with Gasteiger partial charge in [0.1, 0.15) is 0 Å². The van der Waals surface area contributed by atoms with E-state index in [0.29, 0.717) is 11.3 Å². The number of rotatable bonds is 10. The molecule has 3 heterocycles. The molecule has 2 aliphatic heterocycles. The third-order valence-electron chi connectivity index (χ3n) is 19.1. The fourth-order valence-corrected chi connectivity index (χ4v) is 13.8. The van der Waals surface area contributed by atoms with Crippen LogP contribution in [0.4, 0.5) is 34.1 Å². The van der Waals surface area contributed by atoms with Crippen molar-refractivity contribution in [3.8, 4) is 89.8 Å². The van der Waals surface area contributed by atoms with E-state index in [1.165, 1.54) is 11.1 Å². The smallest absolute Gasteiger partial charge is 0.252 e. The van der Waals surface area contributed by atoms with Crippen molar-refractivity contribution >= 4 is 57.2 Å². The van der Waals surface area contributed by atoms with Crippen LogP contribution in [0.1, 0.15) is 119 Å². The lowest BCUT2D eigenvalue weighted by Gasteiger charge is -2.46. The summed E-state index contributed by atoms with van der Waals surface area (Å²) in [5, 5.41) is 0. The van der Waals surface area contributed by atoms with Gasteiger partial charge in [0.05, 0.1) is 25.1 Å². The zero-order valence-electron chi connectivity index (χ0n) is 67.1. The molecule has 0 unspecified atom stereocenters. The molecule has 15 rings (SSSR count). The van der Waals surface area contributed by atoms with Gasteiger partial charge in [0.2, 0.25) is 0 Å². The highest BCUT2D eigenvalue weighted by molar-refractivity contribution is 7.00. The zero-order chi connectivity index (χ0) is 75.8. The standard InChI is InChI=1S/C91H82BN5/c1-88(2,3)69-42-28-40-64(50-69)67-45-48-79-76(53-67)92-77-54-68(65-41-29-43-70(51-65)89(4,5)6)46-49-80(77)97(82-58-72(91(10,11)12)57-81(83(82)92)96(79)78-47-44-66(59-30-18-13-19-31-59)52-73(78)60-32-20-14-21-33-60)84-74(61-34-22-15-23-35-61)55-71(90(7,8)9)56-75(84)87-94-85(62-36-24-16-25-37-62)93-86(95-87)63-38-26-17-27-39-63/h13-58H,1-12H3/i16D,17D,24D,25D,26D,27D,36D,37D,38D,39D. The first-order chi connectivity index (χ1) is 50.8. The SMILES string of the molecule is [2H]c1c([2H])c([2H])c(-c2nc(-c3cc(C(C)(C)C)cc(-c4ccccc4)c3N3c4ccc(-c5cccc(C(C)(C)C)c5)cc4B4c5cc(-c6cccc(C(C)(C)C)c6)ccc5N(c5ccc(-c6ccccc6)cc5-c5ccccc5)c5cc(C(C)(C)C)cc3c54)nc(-c3c([2H])c([2H])c([2H])c([2H])c3[2H])n2)c([2H])c1[2H]. The fraction of sp³-hybridized carbons (Fsp3) is 0.176. The number of hydrogen-bond acceptors (Lipinski definition) is 5. The van der Waals surface area contributed by atoms with E-state index < -0.39 is 78.0 Å². The van der Waals surface area contributed by atoms with Crippen molar-refractivity contribution in [1.29, 1.82) is 0 Å². The van der Waals surface area contributed by atoms with E-state index in [2.05, 4.69) is 281 Å². The summed E-state index contributed by atoms with van der Waals surface area (Å²) in [7, 11) is 0. The van der Waals surface area contributed by atoms with Gasteiger partial charge in [0, 0.05) is 50.6 Å². The molecule has 12 aromatic carbocycles. The maximum atomic E-state index is 9.48. The van der Waals surface area contributed by atoms with Gasteiger partial charge in [-0.3, -0.25) is 0 Å². The first-order valence-electron chi connectivity index (χ1n) is 38.4. The van der Waals surface area contributed by atoms with Crippen LogP contribution in [-0.4, -0.2) is 21.7 Å². The van der Waals surface area contributed by atoms with Gasteiger partial charge in [-0.1, -0.05) is 313 Å². The maximum absolute atomic E-state index is 9.48. The zero-order valence-corrected chi connectivity index (χ0v) is 57.1. The van der Waals surface area contributed by atoms with Gasteiger partial charge >= 0.3 is 0 Å². The predicted octanol–water partition coefficient (Wildman–Crippen LogP) is 22.5. The number of benzene rings is 12. The summed E-state index contributed by atoms with van der Waals surface area (Å²) in [6.45, 7) is 26.1. The van der Waals surface area contributed by atoms with E-state index >= 15 is 0 Å². The van der Waals surface area contributed by atoms with Crippen LogP contribution in [0.15, 0.2) is 279 Å². The van der Waals surface area contributed by atoms with Crippen molar-refractivity contribution in [2.45, 2.75) is 105 Å². The van der Waals surface area contributed by atoms with Crippen LogP contribution >= 0.6 is 0 Å². The van der Waals surface area contributed by atoms with Crippen LogP contribution in [0.2, 0.25) is 0 Å². The molecule has 13 aromatic rings. The van der Waals surface area contributed by atoms with Crippen LogP contribution in [0, 0.1) is 0 Å². The van der Waals surface area contributed by atoms with Crippen molar-refractivity contribution in [2.75, 3.05) is 9.80 Å². The summed E-state index contributed by atoms with van der Waals surface area (Å²) >= 11 is 0. The Labute approximate surface area is 588 Å². The van der Waals surface area contributed by atoms with Gasteiger partial charge in [-0.05, 0) is 153 Å². The maximum Gasteiger partial charge on any atom is 0.252 e. The minimum absolute atomic E-state index is 0.0536. The Hall–Kier alpha value is -10.7.